The highest BCUT2D eigenvalue weighted by molar-refractivity contribution is 4.77. The molecule has 0 N–H and O–H groups in total. The van der Waals surface area contributed by atoms with Gasteiger partial charge in [-0.05, 0) is 6.58 Å². The highest BCUT2D eigenvalue weighted by Gasteiger charge is 1.98. The first kappa shape index (κ1) is 17.0. The molecule has 0 atom stereocenters. The molecule has 0 aliphatic rings. The van der Waals surface area contributed by atoms with Crippen molar-refractivity contribution in [3.05, 3.63) is 38.0 Å². The van der Waals surface area contributed by atoms with E-state index in [9.17, 15) is 26.3 Å². The maximum atomic E-state index is 10.3. The van der Waals surface area contributed by atoms with Gasteiger partial charge in [-0.2, -0.15) is 26.3 Å². The van der Waals surface area contributed by atoms with E-state index >= 15 is 0 Å². The summed E-state index contributed by atoms with van der Waals surface area (Å²) >= 11 is 0. The van der Waals surface area contributed by atoms with Crippen molar-refractivity contribution < 1.29 is 26.3 Å². The lowest BCUT2D eigenvalue weighted by Gasteiger charge is -1.69. The van der Waals surface area contributed by atoms with Crippen molar-refractivity contribution in [3.8, 4) is 0 Å². The number of hydrogen-bond acceptors (Lipinski definition) is 0. The van der Waals surface area contributed by atoms with Gasteiger partial charge in [0.15, 0.2) is 0 Å². The van der Waals surface area contributed by atoms with E-state index in [-0.39, 0.29) is 0 Å². The summed E-state index contributed by atoms with van der Waals surface area (Å²) in [5, 5.41) is 0. The lowest BCUT2D eigenvalue weighted by Crippen LogP contribution is -1.56. The molecule has 0 bridgehead atoms. The van der Waals surface area contributed by atoms with E-state index in [1.165, 1.54) is 0 Å². The van der Waals surface area contributed by atoms with E-state index in [0.717, 1.165) is 0 Å². The highest BCUT2D eigenvalue weighted by Crippen LogP contribution is 2.08. The van der Waals surface area contributed by atoms with Gasteiger partial charge in [-0.25, -0.2) is 0 Å². The summed E-state index contributed by atoms with van der Waals surface area (Å²) in [5.41, 5.74) is 0. The van der Waals surface area contributed by atoms with Gasteiger partial charge in [-0.3, -0.25) is 0 Å². The van der Waals surface area contributed by atoms with Gasteiger partial charge in [0.2, 0.25) is 0 Å². The molecule has 0 heterocycles. The van der Waals surface area contributed by atoms with E-state index < -0.39 is 18.2 Å². The third-order valence-electron chi connectivity index (χ3n) is 0.143. The van der Waals surface area contributed by atoms with Crippen LogP contribution in [0.25, 0.3) is 0 Å². The van der Waals surface area contributed by atoms with Crippen LogP contribution in [0.4, 0.5) is 26.3 Å². The van der Waals surface area contributed by atoms with Crippen LogP contribution in [-0.4, -0.2) is 0 Å². The number of rotatable bonds is 0. The first-order valence-corrected chi connectivity index (χ1v) is 2.24. The zero-order valence-corrected chi connectivity index (χ0v) is 5.89. The Morgan fingerprint density at radius 3 is 0.750 bits per heavy atom. The Kier molecular flexibility index (Phi) is 17.7. The van der Waals surface area contributed by atoms with Gasteiger partial charge in [0, 0.05) is 0 Å². The quantitative estimate of drug-likeness (QED) is 0.398. The molecular weight excluding hydrogens is 186 g/mol. The predicted molar refractivity (Wildman–Crippen MR) is 34.1 cm³/mol. The van der Waals surface area contributed by atoms with E-state index in [1.807, 2.05) is 0 Å². The molecule has 0 rings (SSSR count). The van der Waals surface area contributed by atoms with Crippen molar-refractivity contribution in [2.45, 2.75) is 0 Å². The van der Waals surface area contributed by atoms with E-state index in [2.05, 4.69) is 19.7 Å². The lowest BCUT2D eigenvalue weighted by atomic mass is 11.1. The van der Waals surface area contributed by atoms with Crippen molar-refractivity contribution in [3.63, 3.8) is 0 Å². The van der Waals surface area contributed by atoms with Gasteiger partial charge in [-0.1, -0.05) is 0 Å². The van der Waals surface area contributed by atoms with Crippen molar-refractivity contribution in [2.24, 2.45) is 0 Å². The third kappa shape index (κ3) is 68.3. The zero-order valence-electron chi connectivity index (χ0n) is 5.89. The van der Waals surface area contributed by atoms with Crippen LogP contribution in [0, 0.1) is 0 Å². The summed E-state index contributed by atoms with van der Waals surface area (Å²) in [7, 11) is 0. The molecule has 0 fully saturated rings. The van der Waals surface area contributed by atoms with E-state index in [1.54, 1.807) is 0 Å². The van der Waals surface area contributed by atoms with Crippen LogP contribution in [0.5, 0.6) is 0 Å². The molecule has 0 nitrogen and oxygen atoms in total. The summed E-state index contributed by atoms with van der Waals surface area (Å²) in [5.74, 6) is 0. The minimum absolute atomic E-state index is 1.83. The Bertz CT molecular complexity index is 128. The molecule has 0 amide bonds. The van der Waals surface area contributed by atoms with Crippen molar-refractivity contribution >= 4 is 0 Å². The van der Waals surface area contributed by atoms with Crippen LogP contribution in [0.1, 0.15) is 0 Å². The Morgan fingerprint density at radius 1 is 0.667 bits per heavy atom. The largest absolute Gasteiger partial charge is 0.334 e. The third-order valence-corrected chi connectivity index (χ3v) is 0.143. The monoisotopic (exact) mass is 192 g/mol. The lowest BCUT2D eigenvalue weighted by molar-refractivity contribution is 0.308. The van der Waals surface area contributed by atoms with Crippen molar-refractivity contribution in [1.29, 1.82) is 0 Å². The van der Waals surface area contributed by atoms with Crippen LogP contribution in [-0.2, 0) is 0 Å². The normalized spacial score (nSPS) is 6.50. The second kappa shape index (κ2) is 12.5. The number of hydrogen-bond donors (Lipinski definition) is 0. The van der Waals surface area contributed by atoms with Crippen LogP contribution >= 0.6 is 0 Å². The fourth-order valence-corrected chi connectivity index (χ4v) is 0. The molecule has 72 valence electrons. The van der Waals surface area contributed by atoms with Gasteiger partial charge >= 0.3 is 12.2 Å². The summed E-state index contributed by atoms with van der Waals surface area (Å²) in [6.45, 7) is 8.22. The van der Waals surface area contributed by atoms with Gasteiger partial charge in [0.25, 0.3) is 6.08 Å². The maximum Gasteiger partial charge on any atom is 0.334 e. The molecule has 0 spiro atoms. The minimum Gasteiger partial charge on any atom is -0.174 e. The standard InChI is InChI=1S/C2F4.C2H2F2.C2H4/c3-1(4)2(5)6;1-2(3)4;1-2/h;1H2;1-2H2. The second-order valence-electron chi connectivity index (χ2n) is 0.860. The molecule has 0 aromatic carbocycles. The fourth-order valence-electron chi connectivity index (χ4n) is 0. The van der Waals surface area contributed by atoms with Crippen molar-refractivity contribution in [2.75, 3.05) is 0 Å². The summed E-state index contributed by atoms with van der Waals surface area (Å²) in [4.78, 5) is 0. The van der Waals surface area contributed by atoms with Gasteiger partial charge < -0.3 is 0 Å². The predicted octanol–water partition coefficient (Wildman–Crippen LogP) is 4.19. The topological polar surface area (TPSA) is 0 Å². The molecule has 0 aliphatic heterocycles. The SMILES string of the molecule is C=C.C=C(F)F.FC(F)=C(F)F. The van der Waals surface area contributed by atoms with Crippen LogP contribution in [0.3, 0.4) is 0 Å². The Balaban J connectivity index is -0.000000118. The van der Waals surface area contributed by atoms with Crippen LogP contribution < -0.4 is 0 Å². The van der Waals surface area contributed by atoms with E-state index in [4.69, 9.17) is 0 Å². The minimum atomic E-state index is -2.91. The molecule has 0 saturated heterocycles. The Morgan fingerprint density at radius 2 is 0.750 bits per heavy atom. The molecule has 0 saturated carbocycles. The zero-order chi connectivity index (χ0) is 10.7. The van der Waals surface area contributed by atoms with Gasteiger partial charge in [0.1, 0.15) is 0 Å². The molecule has 0 aromatic heterocycles. The second-order valence-corrected chi connectivity index (χ2v) is 0.860. The molecule has 12 heavy (non-hydrogen) atoms. The number of halogens is 6. The fraction of sp³-hybridized carbons (Fsp3) is 0. The van der Waals surface area contributed by atoms with Gasteiger partial charge in [0.05, 0.1) is 0 Å². The molecular formula is C6H6F6. The molecule has 0 aliphatic carbocycles. The first-order valence-electron chi connectivity index (χ1n) is 2.24. The first-order chi connectivity index (χ1) is 5.37. The van der Waals surface area contributed by atoms with Gasteiger partial charge in [-0.15, -0.1) is 13.2 Å². The molecule has 0 aromatic rings. The van der Waals surface area contributed by atoms with E-state index in [0.29, 0.717) is 0 Å². The van der Waals surface area contributed by atoms with Crippen molar-refractivity contribution in [1.82, 2.24) is 0 Å². The summed E-state index contributed by atoms with van der Waals surface area (Å²) in [6.07, 6.45) is -7.65. The maximum absolute atomic E-state index is 10.3. The molecule has 6 heteroatoms. The molecule has 0 unspecified atom stereocenters. The van der Waals surface area contributed by atoms with Crippen LogP contribution in [0.15, 0.2) is 38.0 Å². The van der Waals surface area contributed by atoms with Crippen LogP contribution in [0.2, 0.25) is 0 Å². The molecule has 0 radical (unpaired) electrons. The average molecular weight is 192 g/mol. The Hall–Kier alpha value is -1.20. The summed E-state index contributed by atoms with van der Waals surface area (Å²) < 4.78 is 61.4. The Labute approximate surface area is 65.5 Å². The average Bonchev–Trinajstić information content (AvgIpc) is 1.90. The smallest absolute Gasteiger partial charge is 0.174 e. The highest BCUT2D eigenvalue weighted by atomic mass is 19.3. The summed E-state index contributed by atoms with van der Waals surface area (Å²) in [6, 6.07) is 0.